The van der Waals surface area contributed by atoms with E-state index in [1.54, 1.807) is 6.07 Å². The van der Waals surface area contributed by atoms with E-state index in [4.69, 9.17) is 0 Å². The van der Waals surface area contributed by atoms with Crippen molar-refractivity contribution < 1.29 is 4.43 Å². The van der Waals surface area contributed by atoms with Crippen molar-refractivity contribution in [3.8, 4) is 0 Å². The average Bonchev–Trinajstić information content (AvgIpc) is 2.29. The number of H-pyrrole nitrogens is 1. The molecule has 72 valence electrons. The highest BCUT2D eigenvalue weighted by atomic mass is 16.3. The van der Waals surface area contributed by atoms with Gasteiger partial charge in [0.1, 0.15) is 5.52 Å². The Hall–Kier alpha value is -2.16. The van der Waals surface area contributed by atoms with Crippen LogP contribution in [0.3, 0.4) is 0 Å². The minimum atomic E-state index is 0.690. The van der Waals surface area contributed by atoms with Crippen molar-refractivity contribution in [1.29, 1.82) is 0 Å². The molecule has 1 N–H and O–H groups in total. The van der Waals surface area contributed by atoms with E-state index in [2.05, 4.69) is 4.98 Å². The first-order chi connectivity index (χ1) is 7.36. The number of pyridine rings is 2. The molecule has 0 spiro atoms. The third-order valence-corrected chi connectivity index (χ3v) is 2.56. The number of nitrogens with one attached hydrogen (secondary N) is 1. The Balaban J connectivity index is 2.70. The van der Waals surface area contributed by atoms with E-state index in [0.29, 0.717) is 5.52 Å². The van der Waals surface area contributed by atoms with Gasteiger partial charge < -0.3 is 4.98 Å². The van der Waals surface area contributed by atoms with Gasteiger partial charge in [0, 0.05) is 22.6 Å². The molecule has 2 aromatic heterocycles. The summed E-state index contributed by atoms with van der Waals surface area (Å²) in [5.41, 5.74) is 1.57. The Morgan fingerprint density at radius 1 is 1.00 bits per heavy atom. The van der Waals surface area contributed by atoms with Crippen LogP contribution in [-0.2, 0) is 0 Å². The molecule has 3 rings (SSSR count). The molecule has 0 saturated heterocycles. The second kappa shape index (κ2) is 2.92. The van der Waals surface area contributed by atoms with E-state index < -0.39 is 0 Å². The fourth-order valence-corrected chi connectivity index (χ4v) is 1.87. The van der Waals surface area contributed by atoms with E-state index in [0.717, 1.165) is 20.7 Å². The van der Waals surface area contributed by atoms with Crippen LogP contribution in [0.15, 0.2) is 48.8 Å². The van der Waals surface area contributed by atoms with Gasteiger partial charge >= 0.3 is 0 Å². The summed E-state index contributed by atoms with van der Waals surface area (Å²) in [5, 5.41) is 1.99. The first kappa shape index (κ1) is 8.17. The summed E-state index contributed by atoms with van der Waals surface area (Å²) in [4.78, 5) is 14.8. The van der Waals surface area contributed by atoms with Gasteiger partial charge in [-0.1, -0.05) is 12.1 Å². The Labute approximate surface area is 85.6 Å². The first-order valence-corrected chi connectivity index (χ1v) is 4.77. The van der Waals surface area contributed by atoms with Crippen LogP contribution in [-0.4, -0.2) is 4.98 Å². The molecule has 0 radical (unpaired) electrons. The smallest absolute Gasteiger partial charge is 0.293 e. The minimum Gasteiger partial charge on any atom is -0.356 e. The highest BCUT2D eigenvalue weighted by molar-refractivity contribution is 6.00. The zero-order valence-corrected chi connectivity index (χ0v) is 7.97. The molecule has 3 nitrogen and oxygen atoms in total. The molecule has 0 saturated carbocycles. The van der Waals surface area contributed by atoms with Gasteiger partial charge in [0.05, 0.1) is 9.81 Å². The average molecular weight is 197 g/mol. The van der Waals surface area contributed by atoms with Crippen LogP contribution in [0.25, 0.3) is 21.8 Å². The predicted molar refractivity (Wildman–Crippen MR) is 59.2 cm³/mol. The standard InChI is InChI=1S/C12H9N2O/c15-14-8-2-4-10-6-5-9-3-1-7-13-11(9)12(10)14/h1-8,13H/q+1. The van der Waals surface area contributed by atoms with Crippen LogP contribution in [0.5, 0.6) is 0 Å². The van der Waals surface area contributed by atoms with Gasteiger partial charge in [-0.05, 0) is 18.2 Å². The lowest BCUT2D eigenvalue weighted by atomic mass is 10.1. The molecular formula is C12H9N2O+. The molecule has 2 heterocycles. The zero-order chi connectivity index (χ0) is 10.3. The van der Waals surface area contributed by atoms with Crippen LogP contribution in [0.2, 0.25) is 0 Å². The Bertz CT molecular complexity index is 700. The summed E-state index contributed by atoms with van der Waals surface area (Å²) in [6, 6.07) is 11.6. The molecule has 0 unspecified atom stereocenters. The maximum atomic E-state index is 11.7. The lowest BCUT2D eigenvalue weighted by molar-refractivity contribution is -0.462. The zero-order valence-electron chi connectivity index (χ0n) is 7.97. The molecule has 0 aliphatic heterocycles. The molecule has 0 fully saturated rings. The minimum absolute atomic E-state index is 0.690. The monoisotopic (exact) mass is 197 g/mol. The Morgan fingerprint density at radius 2 is 1.80 bits per heavy atom. The predicted octanol–water partition coefficient (Wildman–Crippen LogP) is 2.24. The Morgan fingerprint density at radius 3 is 2.73 bits per heavy atom. The molecule has 15 heavy (non-hydrogen) atoms. The van der Waals surface area contributed by atoms with Crippen LogP contribution in [0.1, 0.15) is 0 Å². The van der Waals surface area contributed by atoms with Gasteiger partial charge in [-0.25, -0.2) is 0 Å². The second-order valence-electron chi connectivity index (χ2n) is 3.47. The molecule has 0 atom stereocenters. The maximum Gasteiger partial charge on any atom is 0.293 e. The van der Waals surface area contributed by atoms with Crippen LogP contribution in [0.4, 0.5) is 0 Å². The summed E-state index contributed by atoms with van der Waals surface area (Å²) in [5.74, 6) is 0. The highest BCUT2D eigenvalue weighted by Crippen LogP contribution is 2.19. The van der Waals surface area contributed by atoms with Crippen molar-refractivity contribution in [3.05, 3.63) is 53.7 Å². The van der Waals surface area contributed by atoms with Crippen molar-refractivity contribution >= 4 is 21.8 Å². The topological polar surface area (TPSA) is 38.8 Å². The third-order valence-electron chi connectivity index (χ3n) is 2.56. The van der Waals surface area contributed by atoms with Crippen molar-refractivity contribution in [3.63, 3.8) is 0 Å². The van der Waals surface area contributed by atoms with Gasteiger partial charge in [0.25, 0.3) is 5.52 Å². The number of nitrogens with zero attached hydrogens (tertiary/aromatic N) is 1. The van der Waals surface area contributed by atoms with Crippen molar-refractivity contribution in [2.75, 3.05) is 0 Å². The number of hydrogen-bond acceptors (Lipinski definition) is 1. The van der Waals surface area contributed by atoms with E-state index in [-0.39, 0.29) is 0 Å². The number of aromatic amines is 1. The lowest BCUT2D eigenvalue weighted by Crippen LogP contribution is -2.13. The maximum absolute atomic E-state index is 11.7. The highest BCUT2D eigenvalue weighted by Gasteiger charge is 2.10. The summed E-state index contributed by atoms with van der Waals surface area (Å²) in [6.45, 7) is 0. The summed E-state index contributed by atoms with van der Waals surface area (Å²) < 4.78 is 0.897. The third kappa shape index (κ3) is 1.13. The van der Waals surface area contributed by atoms with Gasteiger partial charge in [-0.15, -0.1) is 0 Å². The van der Waals surface area contributed by atoms with Crippen LogP contribution >= 0.6 is 0 Å². The number of aromatic nitrogens is 2. The van der Waals surface area contributed by atoms with Gasteiger partial charge in [0.15, 0.2) is 0 Å². The van der Waals surface area contributed by atoms with E-state index in [1.807, 2.05) is 36.5 Å². The quantitative estimate of drug-likeness (QED) is 0.435. The second-order valence-corrected chi connectivity index (χ2v) is 3.47. The van der Waals surface area contributed by atoms with Crippen LogP contribution in [0, 0.1) is 4.91 Å². The number of hydrogen-bond donors (Lipinski definition) is 1. The fraction of sp³-hybridized carbons (Fsp3) is 0. The van der Waals surface area contributed by atoms with Crippen LogP contribution < -0.4 is 4.43 Å². The number of benzene rings is 1. The normalized spacial score (nSPS) is 10.9. The molecular weight excluding hydrogens is 188 g/mol. The SMILES string of the molecule is O=[n+]1cccc2ccc3ccc[nH]c3c21. The van der Waals surface area contributed by atoms with Gasteiger partial charge in [0.2, 0.25) is 6.20 Å². The number of fused-ring (bicyclic) bond motifs is 3. The van der Waals surface area contributed by atoms with Crippen molar-refractivity contribution in [2.24, 2.45) is 0 Å². The van der Waals surface area contributed by atoms with Crippen molar-refractivity contribution in [2.45, 2.75) is 0 Å². The molecule has 1 aromatic carbocycles. The van der Waals surface area contributed by atoms with Gasteiger partial charge in [-0.3, -0.25) is 0 Å². The first-order valence-electron chi connectivity index (χ1n) is 4.77. The van der Waals surface area contributed by atoms with E-state index >= 15 is 0 Å². The number of rotatable bonds is 0. The summed E-state index contributed by atoms with van der Waals surface area (Å²) >= 11 is 0. The molecule has 3 aromatic rings. The fourth-order valence-electron chi connectivity index (χ4n) is 1.87. The van der Waals surface area contributed by atoms with E-state index in [9.17, 15) is 4.91 Å². The summed E-state index contributed by atoms with van der Waals surface area (Å²) in [7, 11) is 0. The molecule has 0 bridgehead atoms. The van der Waals surface area contributed by atoms with Crippen molar-refractivity contribution in [1.82, 2.24) is 4.98 Å². The largest absolute Gasteiger partial charge is 0.356 e. The van der Waals surface area contributed by atoms with Gasteiger partial charge in [-0.2, -0.15) is 0 Å². The molecule has 0 aliphatic carbocycles. The molecule has 0 aliphatic rings. The molecule has 3 heteroatoms. The lowest BCUT2D eigenvalue weighted by Gasteiger charge is -1.96. The van der Waals surface area contributed by atoms with E-state index in [1.165, 1.54) is 6.20 Å². The Kier molecular flexibility index (Phi) is 1.59. The molecule has 0 amide bonds. The summed E-state index contributed by atoms with van der Waals surface area (Å²) in [6.07, 6.45) is 3.34.